The molecule has 2 heteroatoms. The fourth-order valence-electron chi connectivity index (χ4n) is 5.63. The zero-order valence-electron chi connectivity index (χ0n) is 18.7. The molecular weight excluding hydrogens is 328 g/mol. The Kier molecular flexibility index (Phi) is 12.8. The second kappa shape index (κ2) is 14.9. The van der Waals surface area contributed by atoms with Crippen molar-refractivity contribution in [3.05, 3.63) is 0 Å². The van der Waals surface area contributed by atoms with Crippen molar-refractivity contribution in [1.82, 2.24) is 10.6 Å². The molecule has 0 aromatic heterocycles. The van der Waals surface area contributed by atoms with Crippen molar-refractivity contribution in [3.8, 4) is 0 Å². The molecule has 0 aliphatic heterocycles. The maximum Gasteiger partial charge on any atom is 0.0458 e. The minimum absolute atomic E-state index is 0.777. The van der Waals surface area contributed by atoms with Crippen LogP contribution in [0.3, 0.4) is 0 Å². The Morgan fingerprint density at radius 2 is 1.00 bits per heavy atom. The van der Waals surface area contributed by atoms with Gasteiger partial charge in [-0.05, 0) is 50.4 Å². The molecule has 0 radical (unpaired) electrons. The van der Waals surface area contributed by atoms with Gasteiger partial charge in [-0.2, -0.15) is 0 Å². The van der Waals surface area contributed by atoms with E-state index < -0.39 is 0 Å². The SMILES string of the molecule is CCCCCCC1CCCCC1NCNC1CCCCC1CCCCCC. The Labute approximate surface area is 171 Å². The summed E-state index contributed by atoms with van der Waals surface area (Å²) in [6, 6.07) is 1.55. The molecule has 160 valence electrons. The average Bonchev–Trinajstić information content (AvgIpc) is 2.70. The summed E-state index contributed by atoms with van der Waals surface area (Å²) in [7, 11) is 0. The highest BCUT2D eigenvalue weighted by Gasteiger charge is 2.26. The van der Waals surface area contributed by atoms with Gasteiger partial charge >= 0.3 is 0 Å². The van der Waals surface area contributed by atoms with Crippen LogP contribution < -0.4 is 10.6 Å². The number of hydrogen-bond donors (Lipinski definition) is 2. The minimum Gasteiger partial charge on any atom is -0.301 e. The lowest BCUT2D eigenvalue weighted by Gasteiger charge is -2.36. The number of rotatable bonds is 14. The van der Waals surface area contributed by atoms with Crippen molar-refractivity contribution in [2.75, 3.05) is 6.67 Å². The molecule has 0 aromatic rings. The molecule has 0 spiro atoms. The third-order valence-electron chi connectivity index (χ3n) is 7.40. The van der Waals surface area contributed by atoms with Gasteiger partial charge in [-0.25, -0.2) is 0 Å². The van der Waals surface area contributed by atoms with Crippen LogP contribution in [0.2, 0.25) is 0 Å². The first-order chi connectivity index (χ1) is 13.3. The molecule has 2 aliphatic rings. The summed E-state index contributed by atoms with van der Waals surface area (Å²) >= 11 is 0. The Bertz CT molecular complexity index is 311. The third kappa shape index (κ3) is 9.31. The molecule has 2 N–H and O–H groups in total. The van der Waals surface area contributed by atoms with Crippen molar-refractivity contribution in [2.45, 2.75) is 142 Å². The van der Waals surface area contributed by atoms with E-state index in [9.17, 15) is 0 Å². The van der Waals surface area contributed by atoms with E-state index in [0.29, 0.717) is 0 Å². The number of hydrogen-bond acceptors (Lipinski definition) is 2. The van der Waals surface area contributed by atoms with E-state index >= 15 is 0 Å². The average molecular weight is 379 g/mol. The van der Waals surface area contributed by atoms with Crippen molar-refractivity contribution < 1.29 is 0 Å². The van der Waals surface area contributed by atoms with Crippen LogP contribution in [-0.2, 0) is 0 Å². The van der Waals surface area contributed by atoms with Crippen LogP contribution in [0.5, 0.6) is 0 Å². The summed E-state index contributed by atoms with van der Waals surface area (Å²) < 4.78 is 0. The Balaban J connectivity index is 1.66. The first-order valence-corrected chi connectivity index (χ1v) is 12.8. The number of nitrogens with one attached hydrogen (secondary N) is 2. The smallest absolute Gasteiger partial charge is 0.0458 e. The van der Waals surface area contributed by atoms with Gasteiger partial charge in [0.05, 0.1) is 0 Å². The topological polar surface area (TPSA) is 24.1 Å². The van der Waals surface area contributed by atoms with Crippen LogP contribution in [-0.4, -0.2) is 18.8 Å². The van der Waals surface area contributed by atoms with E-state index in [0.717, 1.165) is 30.6 Å². The van der Waals surface area contributed by atoms with E-state index in [-0.39, 0.29) is 0 Å². The molecule has 2 nitrogen and oxygen atoms in total. The van der Waals surface area contributed by atoms with E-state index in [1.165, 1.54) is 116 Å². The van der Waals surface area contributed by atoms with Crippen molar-refractivity contribution in [1.29, 1.82) is 0 Å². The Morgan fingerprint density at radius 1 is 0.556 bits per heavy atom. The molecule has 2 saturated carbocycles. The van der Waals surface area contributed by atoms with Crippen molar-refractivity contribution >= 4 is 0 Å². The molecule has 4 atom stereocenters. The van der Waals surface area contributed by atoms with Crippen LogP contribution in [0.4, 0.5) is 0 Å². The quantitative estimate of drug-likeness (QED) is 0.247. The largest absolute Gasteiger partial charge is 0.301 e. The highest BCUT2D eigenvalue weighted by atomic mass is 15.1. The molecule has 0 amide bonds. The summed E-state index contributed by atoms with van der Waals surface area (Å²) in [6.07, 6.45) is 25.8. The monoisotopic (exact) mass is 378 g/mol. The Morgan fingerprint density at radius 3 is 1.44 bits per heavy atom. The van der Waals surface area contributed by atoms with Crippen LogP contribution in [0, 0.1) is 11.8 Å². The fourth-order valence-corrected chi connectivity index (χ4v) is 5.63. The summed E-state index contributed by atoms with van der Waals surface area (Å²) in [5.41, 5.74) is 0. The molecule has 0 bridgehead atoms. The fraction of sp³-hybridized carbons (Fsp3) is 1.00. The van der Waals surface area contributed by atoms with Crippen LogP contribution in [0.1, 0.15) is 129 Å². The van der Waals surface area contributed by atoms with E-state index in [4.69, 9.17) is 0 Å². The van der Waals surface area contributed by atoms with Gasteiger partial charge in [0.15, 0.2) is 0 Å². The number of unbranched alkanes of at least 4 members (excludes halogenated alkanes) is 6. The van der Waals surface area contributed by atoms with Gasteiger partial charge in [-0.1, -0.05) is 90.9 Å². The maximum atomic E-state index is 3.95. The lowest BCUT2D eigenvalue weighted by molar-refractivity contribution is 0.210. The van der Waals surface area contributed by atoms with E-state index in [1.54, 1.807) is 0 Å². The molecule has 27 heavy (non-hydrogen) atoms. The summed E-state index contributed by atoms with van der Waals surface area (Å²) in [5, 5.41) is 7.89. The van der Waals surface area contributed by atoms with E-state index in [1.807, 2.05) is 0 Å². The second-order valence-electron chi connectivity index (χ2n) is 9.59. The highest BCUT2D eigenvalue weighted by Crippen LogP contribution is 2.30. The first-order valence-electron chi connectivity index (χ1n) is 12.8. The molecule has 0 aromatic carbocycles. The lowest BCUT2D eigenvalue weighted by Crippen LogP contribution is -2.48. The molecule has 2 aliphatic carbocycles. The van der Waals surface area contributed by atoms with Crippen LogP contribution >= 0.6 is 0 Å². The summed E-state index contributed by atoms with van der Waals surface area (Å²) in [4.78, 5) is 0. The van der Waals surface area contributed by atoms with E-state index in [2.05, 4.69) is 24.5 Å². The van der Waals surface area contributed by atoms with Gasteiger partial charge in [0.1, 0.15) is 0 Å². The second-order valence-corrected chi connectivity index (χ2v) is 9.59. The molecular formula is C25H50N2. The van der Waals surface area contributed by atoms with Gasteiger partial charge in [0.25, 0.3) is 0 Å². The van der Waals surface area contributed by atoms with Gasteiger partial charge in [0.2, 0.25) is 0 Å². The summed E-state index contributed by atoms with van der Waals surface area (Å²) in [6.45, 7) is 5.68. The standard InChI is InChI=1S/C25H50N2/c1-3-5-7-9-15-22-17-11-13-19-24(22)26-21-27-25-20-14-12-18-23(25)16-10-8-6-4-2/h22-27H,3-21H2,1-2H3. The van der Waals surface area contributed by atoms with Gasteiger partial charge in [0, 0.05) is 18.8 Å². The van der Waals surface area contributed by atoms with Gasteiger partial charge in [-0.15, -0.1) is 0 Å². The predicted molar refractivity (Wildman–Crippen MR) is 120 cm³/mol. The molecule has 4 unspecified atom stereocenters. The first kappa shape index (κ1) is 23.2. The highest BCUT2D eigenvalue weighted by molar-refractivity contribution is 4.84. The molecule has 0 saturated heterocycles. The van der Waals surface area contributed by atoms with Gasteiger partial charge in [-0.3, -0.25) is 0 Å². The molecule has 0 heterocycles. The van der Waals surface area contributed by atoms with Crippen LogP contribution in [0.15, 0.2) is 0 Å². The van der Waals surface area contributed by atoms with Crippen molar-refractivity contribution in [3.63, 3.8) is 0 Å². The lowest BCUT2D eigenvalue weighted by atomic mass is 9.81. The molecule has 2 rings (SSSR count). The Hall–Kier alpha value is -0.0800. The predicted octanol–water partition coefficient (Wildman–Crippen LogP) is 7.18. The van der Waals surface area contributed by atoms with Crippen molar-refractivity contribution in [2.24, 2.45) is 11.8 Å². The zero-order valence-corrected chi connectivity index (χ0v) is 18.7. The van der Waals surface area contributed by atoms with Gasteiger partial charge < -0.3 is 10.6 Å². The minimum atomic E-state index is 0.777. The summed E-state index contributed by atoms with van der Waals surface area (Å²) in [5.74, 6) is 1.88. The molecule has 2 fully saturated rings. The normalized spacial score (nSPS) is 29.1. The maximum absolute atomic E-state index is 3.95. The zero-order chi connectivity index (χ0) is 19.2. The third-order valence-corrected chi connectivity index (χ3v) is 7.40. The van der Waals surface area contributed by atoms with Crippen LogP contribution in [0.25, 0.3) is 0 Å².